The van der Waals surface area contributed by atoms with Gasteiger partial charge < -0.3 is 33.3 Å². The van der Waals surface area contributed by atoms with Crippen molar-refractivity contribution in [2.75, 3.05) is 0 Å². The highest BCUT2D eigenvalue weighted by atomic mass is 16.4. The summed E-state index contributed by atoms with van der Waals surface area (Å²) in [4.78, 5) is 0. The molecule has 0 saturated carbocycles. The van der Waals surface area contributed by atoms with Gasteiger partial charge in [-0.25, -0.2) is 0 Å². The van der Waals surface area contributed by atoms with Crippen LogP contribution in [0, 0.1) is 0 Å². The maximum Gasteiger partial charge on any atom is 0.228 e. The van der Waals surface area contributed by atoms with Gasteiger partial charge in [0.1, 0.15) is 0 Å². The maximum absolute atomic E-state index is 7.48. The quantitative estimate of drug-likeness (QED) is 0.0949. The molecule has 0 amide bonds. The van der Waals surface area contributed by atoms with Crippen LogP contribution in [0.3, 0.4) is 0 Å². The van der Waals surface area contributed by atoms with Crippen molar-refractivity contribution in [2.45, 2.75) is 0 Å². The number of hydrogen-bond donors (Lipinski definition) is 6. The van der Waals surface area contributed by atoms with Gasteiger partial charge in [-0.2, -0.15) is 0 Å². The van der Waals surface area contributed by atoms with E-state index in [-0.39, 0.29) is 11.9 Å². The van der Waals surface area contributed by atoms with Crippen LogP contribution in [0.4, 0.5) is 0 Å². The maximum atomic E-state index is 7.48. The molecule has 0 radical (unpaired) electrons. The standard InChI is InChI=1S/2CH5N3O/c2*2-1(3)4-5/h2*5H,(H4,2,3,4). The summed E-state index contributed by atoms with van der Waals surface area (Å²) in [7, 11) is 0. The lowest BCUT2D eigenvalue weighted by Crippen LogP contribution is -2.21. The van der Waals surface area contributed by atoms with Crippen LogP contribution in [-0.2, 0) is 0 Å². The zero-order valence-electron chi connectivity index (χ0n) is 5.10. The van der Waals surface area contributed by atoms with Gasteiger partial charge in [0, 0.05) is 0 Å². The van der Waals surface area contributed by atoms with Crippen LogP contribution >= 0.6 is 0 Å². The van der Waals surface area contributed by atoms with Crippen LogP contribution in [0.5, 0.6) is 0 Å². The Labute approximate surface area is 56.8 Å². The Morgan fingerprint density at radius 2 is 0.900 bits per heavy atom. The van der Waals surface area contributed by atoms with Crippen LogP contribution in [0.2, 0.25) is 0 Å². The summed E-state index contributed by atoms with van der Waals surface area (Å²) in [5.74, 6) is -0.630. The van der Waals surface area contributed by atoms with Crippen molar-refractivity contribution in [2.24, 2.45) is 33.2 Å². The smallest absolute Gasteiger partial charge is 0.228 e. The van der Waals surface area contributed by atoms with E-state index in [1.807, 2.05) is 0 Å². The van der Waals surface area contributed by atoms with Gasteiger partial charge in [0.25, 0.3) is 0 Å². The minimum atomic E-state index is -0.315. The lowest BCUT2D eigenvalue weighted by molar-refractivity contribution is 0.317. The van der Waals surface area contributed by atoms with Crippen molar-refractivity contribution in [1.82, 2.24) is 0 Å². The Balaban J connectivity index is 0. The third-order valence-electron chi connectivity index (χ3n) is 0.231. The number of nitrogens with zero attached hydrogens (tertiary/aromatic N) is 2. The van der Waals surface area contributed by atoms with E-state index in [9.17, 15) is 0 Å². The third-order valence-corrected chi connectivity index (χ3v) is 0.231. The lowest BCUT2D eigenvalue weighted by atomic mass is 11.1. The van der Waals surface area contributed by atoms with E-state index < -0.39 is 0 Å². The van der Waals surface area contributed by atoms with Gasteiger partial charge in [-0.1, -0.05) is 10.3 Å². The number of rotatable bonds is 0. The Hall–Kier alpha value is -1.86. The van der Waals surface area contributed by atoms with Crippen molar-refractivity contribution in [3.63, 3.8) is 0 Å². The highest BCUT2D eigenvalue weighted by molar-refractivity contribution is 5.75. The Kier molecular flexibility index (Phi) is 7.86. The Bertz CT molecular complexity index is 106. The van der Waals surface area contributed by atoms with Gasteiger partial charge in [-0.05, 0) is 0 Å². The molecule has 10 N–H and O–H groups in total. The molecule has 0 spiro atoms. The van der Waals surface area contributed by atoms with E-state index in [2.05, 4.69) is 33.2 Å². The van der Waals surface area contributed by atoms with E-state index >= 15 is 0 Å². The second-order valence-electron chi connectivity index (χ2n) is 1.05. The average molecular weight is 150 g/mol. The van der Waals surface area contributed by atoms with Crippen molar-refractivity contribution in [3.05, 3.63) is 0 Å². The van der Waals surface area contributed by atoms with Crippen LogP contribution in [0.1, 0.15) is 0 Å². The minimum absolute atomic E-state index is 0.315. The molecule has 0 saturated heterocycles. The first-order valence-corrected chi connectivity index (χ1v) is 2.00. The zero-order chi connectivity index (χ0) is 8.57. The second-order valence-corrected chi connectivity index (χ2v) is 1.05. The summed E-state index contributed by atoms with van der Waals surface area (Å²) in [6.45, 7) is 0. The van der Waals surface area contributed by atoms with Gasteiger partial charge >= 0.3 is 0 Å². The molecule has 0 aromatic heterocycles. The van der Waals surface area contributed by atoms with Gasteiger partial charge in [0.15, 0.2) is 0 Å². The van der Waals surface area contributed by atoms with E-state index in [1.165, 1.54) is 0 Å². The molecule has 60 valence electrons. The second kappa shape index (κ2) is 7.14. The van der Waals surface area contributed by atoms with E-state index in [0.29, 0.717) is 0 Å². The Morgan fingerprint density at radius 1 is 0.800 bits per heavy atom. The number of oxime groups is 2. The van der Waals surface area contributed by atoms with E-state index in [4.69, 9.17) is 10.4 Å². The van der Waals surface area contributed by atoms with Crippen LogP contribution in [-0.4, -0.2) is 22.3 Å². The summed E-state index contributed by atoms with van der Waals surface area (Å²) in [6.07, 6.45) is 0. The molecule has 0 aromatic rings. The van der Waals surface area contributed by atoms with Crippen LogP contribution in [0.25, 0.3) is 0 Å². The number of nitrogens with two attached hydrogens (primary N) is 4. The molecule has 0 aliphatic carbocycles. The van der Waals surface area contributed by atoms with Gasteiger partial charge in [0.2, 0.25) is 11.9 Å². The first kappa shape index (κ1) is 11.0. The van der Waals surface area contributed by atoms with E-state index in [0.717, 1.165) is 0 Å². The largest absolute Gasteiger partial charge is 0.408 e. The molecule has 8 nitrogen and oxygen atoms in total. The normalized spacial score (nSPS) is 6.40. The molecule has 0 rings (SSSR count). The van der Waals surface area contributed by atoms with Crippen LogP contribution < -0.4 is 22.9 Å². The van der Waals surface area contributed by atoms with Gasteiger partial charge in [-0.3, -0.25) is 0 Å². The topological polar surface area (TPSA) is 169 Å². The molecule has 8 heteroatoms. The minimum Gasteiger partial charge on any atom is -0.408 e. The molecule has 0 atom stereocenters. The summed E-state index contributed by atoms with van der Waals surface area (Å²) >= 11 is 0. The summed E-state index contributed by atoms with van der Waals surface area (Å²) < 4.78 is 0. The van der Waals surface area contributed by atoms with Crippen molar-refractivity contribution in [1.29, 1.82) is 0 Å². The summed E-state index contributed by atoms with van der Waals surface area (Å²) in [6, 6.07) is 0. The molecular weight excluding hydrogens is 140 g/mol. The fraction of sp³-hybridized carbons (Fsp3) is 0. The molecule has 0 fully saturated rings. The Morgan fingerprint density at radius 3 is 0.900 bits per heavy atom. The highest BCUT2D eigenvalue weighted by Crippen LogP contribution is 1.39. The fourth-order valence-electron chi connectivity index (χ4n) is 0. The molecule has 10 heavy (non-hydrogen) atoms. The molecule has 0 aliphatic heterocycles. The van der Waals surface area contributed by atoms with Crippen molar-refractivity contribution < 1.29 is 10.4 Å². The predicted octanol–water partition coefficient (Wildman–Crippen LogP) is -2.70. The van der Waals surface area contributed by atoms with Gasteiger partial charge in [-0.15, -0.1) is 0 Å². The number of guanidine groups is 2. The van der Waals surface area contributed by atoms with Gasteiger partial charge in [0.05, 0.1) is 0 Å². The molecule has 0 aliphatic rings. The van der Waals surface area contributed by atoms with Crippen molar-refractivity contribution >= 4 is 11.9 Å². The molecule has 0 bridgehead atoms. The average Bonchev–Trinajstić information content (AvgIpc) is 1.89. The SMILES string of the molecule is NC(N)=NO.NC(N)=NO. The zero-order valence-corrected chi connectivity index (χ0v) is 5.10. The predicted molar refractivity (Wildman–Crippen MR) is 35.2 cm³/mol. The fourth-order valence-corrected chi connectivity index (χ4v) is 0. The molecule has 0 heterocycles. The molecular formula is C2H10N6O2. The summed E-state index contributed by atoms with van der Waals surface area (Å²) in [5, 5.41) is 19.7. The van der Waals surface area contributed by atoms with Crippen LogP contribution in [0.15, 0.2) is 10.3 Å². The van der Waals surface area contributed by atoms with Crippen molar-refractivity contribution in [3.8, 4) is 0 Å². The summed E-state index contributed by atoms with van der Waals surface area (Å²) in [5.41, 5.74) is 18.3. The molecule has 0 aromatic carbocycles. The lowest BCUT2D eigenvalue weighted by Gasteiger charge is -1.75. The first-order valence-electron chi connectivity index (χ1n) is 2.00. The number of hydrogen-bond acceptors (Lipinski definition) is 4. The highest BCUT2D eigenvalue weighted by Gasteiger charge is 1.65. The van der Waals surface area contributed by atoms with E-state index in [1.54, 1.807) is 0 Å². The first-order chi connectivity index (χ1) is 4.54. The third kappa shape index (κ3) is 35.4. The molecule has 0 unspecified atom stereocenters. The monoisotopic (exact) mass is 150 g/mol.